The Morgan fingerprint density at radius 3 is 2.30 bits per heavy atom. The lowest BCUT2D eigenvalue weighted by molar-refractivity contribution is -0.119. The van der Waals surface area contributed by atoms with Gasteiger partial charge in [-0.1, -0.05) is 48.5 Å². The SMILES string of the molecule is O=C(c1ccc(OCc2ccccc2)cc1)N1CCC(N2C(=O)CCc3ccccc32)CC1. The van der Waals surface area contributed by atoms with Gasteiger partial charge >= 0.3 is 0 Å². The predicted molar refractivity (Wildman–Crippen MR) is 128 cm³/mol. The van der Waals surface area contributed by atoms with E-state index in [1.165, 1.54) is 5.56 Å². The second-order valence-corrected chi connectivity index (χ2v) is 8.71. The van der Waals surface area contributed by atoms with E-state index in [1.807, 2.05) is 82.6 Å². The van der Waals surface area contributed by atoms with Crippen LogP contribution in [-0.4, -0.2) is 35.8 Å². The molecule has 5 nitrogen and oxygen atoms in total. The molecule has 0 radical (unpaired) electrons. The zero-order chi connectivity index (χ0) is 22.6. The summed E-state index contributed by atoms with van der Waals surface area (Å²) >= 11 is 0. The fourth-order valence-corrected chi connectivity index (χ4v) is 4.80. The van der Waals surface area contributed by atoms with Crippen LogP contribution < -0.4 is 9.64 Å². The average Bonchev–Trinajstić information content (AvgIpc) is 2.88. The summed E-state index contributed by atoms with van der Waals surface area (Å²) in [5, 5.41) is 0. The van der Waals surface area contributed by atoms with Crippen LogP contribution in [-0.2, 0) is 17.8 Å². The Labute approximate surface area is 194 Å². The first-order chi connectivity index (χ1) is 16.2. The van der Waals surface area contributed by atoms with E-state index in [0.717, 1.165) is 36.3 Å². The molecule has 0 N–H and O–H groups in total. The number of rotatable bonds is 5. The molecule has 5 heteroatoms. The number of para-hydroxylation sites is 1. The van der Waals surface area contributed by atoms with E-state index in [9.17, 15) is 9.59 Å². The predicted octanol–water partition coefficient (Wildman–Crippen LogP) is 4.85. The highest BCUT2D eigenvalue weighted by atomic mass is 16.5. The molecule has 0 saturated carbocycles. The zero-order valence-corrected chi connectivity index (χ0v) is 18.7. The highest BCUT2D eigenvalue weighted by Gasteiger charge is 2.33. The van der Waals surface area contributed by atoms with Gasteiger partial charge in [-0.15, -0.1) is 0 Å². The summed E-state index contributed by atoms with van der Waals surface area (Å²) in [6, 6.07) is 25.7. The van der Waals surface area contributed by atoms with Crippen LogP contribution in [0.3, 0.4) is 0 Å². The van der Waals surface area contributed by atoms with Crippen molar-refractivity contribution in [1.29, 1.82) is 0 Å². The summed E-state index contributed by atoms with van der Waals surface area (Å²) in [4.78, 5) is 29.6. The quantitative estimate of drug-likeness (QED) is 0.570. The zero-order valence-electron chi connectivity index (χ0n) is 18.7. The van der Waals surface area contributed by atoms with E-state index in [1.54, 1.807) is 0 Å². The maximum absolute atomic E-state index is 13.0. The molecule has 0 aliphatic carbocycles. The average molecular weight is 441 g/mol. The minimum absolute atomic E-state index is 0.0356. The second-order valence-electron chi connectivity index (χ2n) is 8.71. The lowest BCUT2D eigenvalue weighted by Gasteiger charge is -2.41. The lowest BCUT2D eigenvalue weighted by atomic mass is 9.95. The summed E-state index contributed by atoms with van der Waals surface area (Å²) < 4.78 is 5.83. The van der Waals surface area contributed by atoms with Crippen LogP contribution >= 0.6 is 0 Å². The number of carbonyl (C=O) groups is 2. The normalized spacial score (nSPS) is 16.4. The van der Waals surface area contributed by atoms with Crippen molar-refractivity contribution < 1.29 is 14.3 Å². The number of hydrogen-bond acceptors (Lipinski definition) is 3. The molecular weight excluding hydrogens is 412 g/mol. The summed E-state index contributed by atoms with van der Waals surface area (Å²) in [5.74, 6) is 0.981. The molecule has 33 heavy (non-hydrogen) atoms. The van der Waals surface area contributed by atoms with Crippen molar-refractivity contribution in [2.75, 3.05) is 18.0 Å². The summed E-state index contributed by atoms with van der Waals surface area (Å²) in [6.07, 6.45) is 2.97. The van der Waals surface area contributed by atoms with Crippen molar-refractivity contribution in [3.8, 4) is 5.75 Å². The van der Waals surface area contributed by atoms with Crippen LogP contribution in [0.4, 0.5) is 5.69 Å². The number of piperidine rings is 1. The standard InChI is InChI=1S/C28H28N2O3/c31-27-15-12-22-8-4-5-9-26(22)30(27)24-16-18-29(19-17-24)28(32)23-10-13-25(14-11-23)33-20-21-6-2-1-3-7-21/h1-11,13-14,24H,12,15-20H2. The number of hydrogen-bond donors (Lipinski definition) is 0. The fraction of sp³-hybridized carbons (Fsp3) is 0.286. The van der Waals surface area contributed by atoms with Crippen LogP contribution in [0.2, 0.25) is 0 Å². The number of amides is 2. The molecule has 1 saturated heterocycles. The van der Waals surface area contributed by atoms with E-state index in [0.29, 0.717) is 31.7 Å². The van der Waals surface area contributed by atoms with Gasteiger partial charge in [0.1, 0.15) is 12.4 Å². The molecule has 5 rings (SSSR count). The van der Waals surface area contributed by atoms with Gasteiger partial charge in [0.15, 0.2) is 0 Å². The van der Waals surface area contributed by atoms with Crippen molar-refractivity contribution in [1.82, 2.24) is 4.90 Å². The third-order valence-electron chi connectivity index (χ3n) is 6.59. The smallest absolute Gasteiger partial charge is 0.253 e. The molecule has 3 aromatic carbocycles. The molecule has 0 bridgehead atoms. The van der Waals surface area contributed by atoms with Crippen molar-refractivity contribution >= 4 is 17.5 Å². The van der Waals surface area contributed by atoms with Crippen LogP contribution in [0.15, 0.2) is 78.9 Å². The Bertz CT molecular complexity index is 1120. The molecule has 2 heterocycles. The van der Waals surface area contributed by atoms with Crippen LogP contribution in [0.25, 0.3) is 0 Å². The molecule has 168 valence electrons. The second kappa shape index (κ2) is 9.49. The molecule has 2 amide bonds. The molecule has 0 unspecified atom stereocenters. The van der Waals surface area contributed by atoms with Gasteiger partial charge in [-0.25, -0.2) is 0 Å². The van der Waals surface area contributed by atoms with Gasteiger partial charge in [-0.05, 0) is 60.7 Å². The van der Waals surface area contributed by atoms with Crippen molar-refractivity contribution in [2.24, 2.45) is 0 Å². The molecular formula is C28H28N2O3. The minimum Gasteiger partial charge on any atom is -0.489 e. The van der Waals surface area contributed by atoms with Crippen LogP contribution in [0.1, 0.15) is 40.7 Å². The van der Waals surface area contributed by atoms with Crippen LogP contribution in [0.5, 0.6) is 5.75 Å². The number of benzene rings is 3. The summed E-state index contributed by atoms with van der Waals surface area (Å²) in [7, 11) is 0. The Morgan fingerprint density at radius 2 is 1.55 bits per heavy atom. The first kappa shape index (κ1) is 21.3. The van der Waals surface area contributed by atoms with Gasteiger partial charge in [0, 0.05) is 36.8 Å². The molecule has 1 fully saturated rings. The fourth-order valence-electron chi connectivity index (χ4n) is 4.80. The van der Waals surface area contributed by atoms with E-state index >= 15 is 0 Å². The number of ether oxygens (including phenoxy) is 1. The largest absolute Gasteiger partial charge is 0.489 e. The van der Waals surface area contributed by atoms with Gasteiger partial charge < -0.3 is 14.5 Å². The summed E-state index contributed by atoms with van der Waals surface area (Å²) in [6.45, 7) is 1.81. The number of aryl methyl sites for hydroxylation is 1. The van der Waals surface area contributed by atoms with Gasteiger partial charge in [-0.2, -0.15) is 0 Å². The van der Waals surface area contributed by atoms with Crippen molar-refractivity contribution in [3.05, 3.63) is 95.6 Å². The highest BCUT2D eigenvalue weighted by molar-refractivity contribution is 5.97. The Kier molecular flexibility index (Phi) is 6.11. The molecule has 0 aromatic heterocycles. The van der Waals surface area contributed by atoms with Crippen LogP contribution in [0, 0.1) is 0 Å². The molecule has 0 atom stereocenters. The third kappa shape index (κ3) is 4.63. The Balaban J connectivity index is 1.18. The van der Waals surface area contributed by atoms with Gasteiger partial charge in [0.05, 0.1) is 0 Å². The number of anilines is 1. The first-order valence-corrected chi connectivity index (χ1v) is 11.6. The molecule has 2 aliphatic heterocycles. The first-order valence-electron chi connectivity index (χ1n) is 11.6. The van der Waals surface area contributed by atoms with E-state index in [4.69, 9.17) is 4.74 Å². The lowest BCUT2D eigenvalue weighted by Crippen LogP contribution is -2.50. The van der Waals surface area contributed by atoms with E-state index < -0.39 is 0 Å². The summed E-state index contributed by atoms with van der Waals surface area (Å²) in [5.41, 5.74) is 4.06. The van der Waals surface area contributed by atoms with E-state index in [2.05, 4.69) is 6.07 Å². The number of fused-ring (bicyclic) bond motifs is 1. The molecule has 2 aliphatic rings. The number of likely N-dealkylation sites (tertiary alicyclic amines) is 1. The van der Waals surface area contributed by atoms with E-state index in [-0.39, 0.29) is 17.9 Å². The molecule has 3 aromatic rings. The van der Waals surface area contributed by atoms with Gasteiger partial charge in [-0.3, -0.25) is 9.59 Å². The number of nitrogens with zero attached hydrogens (tertiary/aromatic N) is 2. The Hall–Kier alpha value is -3.60. The topological polar surface area (TPSA) is 49.9 Å². The highest BCUT2D eigenvalue weighted by Crippen LogP contribution is 2.32. The van der Waals surface area contributed by atoms with Crippen molar-refractivity contribution in [3.63, 3.8) is 0 Å². The maximum Gasteiger partial charge on any atom is 0.253 e. The minimum atomic E-state index is 0.0356. The number of carbonyl (C=O) groups excluding carboxylic acids is 2. The van der Waals surface area contributed by atoms with Gasteiger partial charge in [0.2, 0.25) is 5.91 Å². The van der Waals surface area contributed by atoms with Gasteiger partial charge in [0.25, 0.3) is 5.91 Å². The maximum atomic E-state index is 13.0. The Morgan fingerprint density at radius 1 is 0.848 bits per heavy atom. The third-order valence-corrected chi connectivity index (χ3v) is 6.59. The monoisotopic (exact) mass is 440 g/mol. The molecule has 0 spiro atoms. The van der Waals surface area contributed by atoms with Crippen molar-refractivity contribution in [2.45, 2.75) is 38.3 Å².